The highest BCUT2D eigenvalue weighted by Gasteiger charge is 2.47. The van der Waals surface area contributed by atoms with Crippen molar-refractivity contribution in [3.8, 4) is 0 Å². The van der Waals surface area contributed by atoms with Crippen LogP contribution in [0.1, 0.15) is 46.5 Å². The maximum Gasteiger partial charge on any atom is 0.410 e. The molecule has 3 rings (SSSR count). The molecule has 3 aliphatic rings. The van der Waals surface area contributed by atoms with E-state index >= 15 is 0 Å². The molecule has 27 heavy (non-hydrogen) atoms. The fourth-order valence-electron chi connectivity index (χ4n) is 4.23. The summed E-state index contributed by atoms with van der Waals surface area (Å²) in [4.78, 5) is 31.0. The standard InChI is InChI=1S/C20H35N3O4/c1-16(2)4-7-23-15-20(27-19(23)25)5-8-22(9-6-20)18(24)14-17(3)21-10-12-26-13-11-21/h16-17H,4-15H2,1-3H3/t17-/m0/s1. The van der Waals surface area contributed by atoms with Crippen molar-refractivity contribution in [1.82, 2.24) is 14.7 Å². The number of hydrogen-bond donors (Lipinski definition) is 0. The van der Waals surface area contributed by atoms with E-state index in [0.29, 0.717) is 32.0 Å². The first-order valence-electron chi connectivity index (χ1n) is 10.5. The van der Waals surface area contributed by atoms with Crippen LogP contribution in [0.25, 0.3) is 0 Å². The Morgan fingerprint density at radius 3 is 2.41 bits per heavy atom. The van der Waals surface area contributed by atoms with Crippen molar-refractivity contribution in [1.29, 1.82) is 0 Å². The summed E-state index contributed by atoms with van der Waals surface area (Å²) in [7, 11) is 0. The lowest BCUT2D eigenvalue weighted by molar-refractivity contribution is -0.136. The van der Waals surface area contributed by atoms with Gasteiger partial charge in [-0.15, -0.1) is 0 Å². The fourth-order valence-corrected chi connectivity index (χ4v) is 4.23. The average Bonchev–Trinajstić information content (AvgIpc) is 2.96. The van der Waals surface area contributed by atoms with Gasteiger partial charge in [0.1, 0.15) is 5.60 Å². The van der Waals surface area contributed by atoms with Gasteiger partial charge in [0.05, 0.1) is 19.8 Å². The van der Waals surface area contributed by atoms with Crippen molar-refractivity contribution in [3.05, 3.63) is 0 Å². The van der Waals surface area contributed by atoms with Gasteiger partial charge in [0.2, 0.25) is 5.91 Å². The molecule has 0 unspecified atom stereocenters. The van der Waals surface area contributed by atoms with Crippen LogP contribution in [-0.2, 0) is 14.3 Å². The number of piperidine rings is 1. The second-order valence-corrected chi connectivity index (χ2v) is 8.74. The van der Waals surface area contributed by atoms with Crippen LogP contribution < -0.4 is 0 Å². The highest BCUT2D eigenvalue weighted by atomic mass is 16.6. The van der Waals surface area contributed by atoms with Gasteiger partial charge in [-0.3, -0.25) is 9.69 Å². The molecule has 7 heteroatoms. The first-order valence-corrected chi connectivity index (χ1v) is 10.5. The van der Waals surface area contributed by atoms with Gasteiger partial charge in [-0.25, -0.2) is 4.79 Å². The van der Waals surface area contributed by atoms with Gasteiger partial charge < -0.3 is 19.3 Å². The quantitative estimate of drug-likeness (QED) is 0.704. The van der Waals surface area contributed by atoms with E-state index in [1.165, 1.54) is 0 Å². The predicted octanol–water partition coefficient (Wildman–Crippen LogP) is 1.96. The first-order chi connectivity index (χ1) is 12.9. The number of carbonyl (C=O) groups is 2. The predicted molar refractivity (Wildman–Crippen MR) is 103 cm³/mol. The zero-order valence-electron chi connectivity index (χ0n) is 17.1. The van der Waals surface area contributed by atoms with Gasteiger partial charge in [0.25, 0.3) is 0 Å². The smallest absolute Gasteiger partial charge is 0.410 e. The van der Waals surface area contributed by atoms with E-state index in [-0.39, 0.29) is 23.6 Å². The summed E-state index contributed by atoms with van der Waals surface area (Å²) in [5, 5.41) is 0. The zero-order chi connectivity index (χ0) is 19.4. The molecule has 0 aromatic rings. The number of rotatable bonds is 6. The summed E-state index contributed by atoms with van der Waals surface area (Å²) in [5.74, 6) is 0.784. The second kappa shape index (κ2) is 8.78. The van der Waals surface area contributed by atoms with Crippen molar-refractivity contribution in [2.24, 2.45) is 5.92 Å². The molecular formula is C20H35N3O4. The Balaban J connectivity index is 1.45. The summed E-state index contributed by atoms with van der Waals surface area (Å²) in [6.07, 6.45) is 2.85. The van der Waals surface area contributed by atoms with Gasteiger partial charge in [0.15, 0.2) is 0 Å². The molecule has 1 spiro atoms. The van der Waals surface area contributed by atoms with Crippen LogP contribution in [0.3, 0.4) is 0 Å². The Hall–Kier alpha value is -1.34. The lowest BCUT2D eigenvalue weighted by Gasteiger charge is -2.38. The van der Waals surface area contributed by atoms with Crippen LogP contribution in [0.4, 0.5) is 4.79 Å². The largest absolute Gasteiger partial charge is 0.441 e. The van der Waals surface area contributed by atoms with Crippen molar-refractivity contribution >= 4 is 12.0 Å². The van der Waals surface area contributed by atoms with Crippen molar-refractivity contribution < 1.29 is 19.1 Å². The maximum atomic E-state index is 12.7. The molecule has 0 N–H and O–H groups in total. The second-order valence-electron chi connectivity index (χ2n) is 8.74. The summed E-state index contributed by atoms with van der Waals surface area (Å²) in [5.41, 5.74) is -0.388. The number of carbonyl (C=O) groups excluding carboxylic acids is 2. The molecule has 3 aliphatic heterocycles. The van der Waals surface area contributed by atoms with E-state index in [9.17, 15) is 9.59 Å². The minimum atomic E-state index is -0.388. The third-order valence-electron chi connectivity index (χ3n) is 6.18. The summed E-state index contributed by atoms with van der Waals surface area (Å²) in [6, 6.07) is 0.244. The number of likely N-dealkylation sites (tertiary alicyclic amines) is 1. The Bertz CT molecular complexity index is 525. The van der Waals surface area contributed by atoms with E-state index in [1.807, 2.05) is 9.80 Å². The van der Waals surface area contributed by atoms with Gasteiger partial charge >= 0.3 is 6.09 Å². The topological polar surface area (TPSA) is 62.3 Å². The number of ether oxygens (including phenoxy) is 2. The third-order valence-corrected chi connectivity index (χ3v) is 6.18. The third kappa shape index (κ3) is 5.13. The molecule has 3 saturated heterocycles. The SMILES string of the molecule is CC(C)CCN1CC2(CCN(C(=O)C[C@H](C)N3CCOCC3)CC2)OC1=O. The molecule has 1 atom stereocenters. The Morgan fingerprint density at radius 1 is 1.11 bits per heavy atom. The fraction of sp³-hybridized carbons (Fsp3) is 0.900. The van der Waals surface area contributed by atoms with Crippen LogP contribution in [0.15, 0.2) is 0 Å². The summed E-state index contributed by atoms with van der Waals surface area (Å²) >= 11 is 0. The molecular weight excluding hydrogens is 346 g/mol. The van der Waals surface area contributed by atoms with Crippen LogP contribution in [0.2, 0.25) is 0 Å². The molecule has 3 heterocycles. The van der Waals surface area contributed by atoms with E-state index in [0.717, 1.165) is 52.1 Å². The van der Waals surface area contributed by atoms with Gasteiger partial charge in [0, 0.05) is 58.0 Å². The van der Waals surface area contributed by atoms with Crippen molar-refractivity contribution in [2.45, 2.75) is 58.1 Å². The number of nitrogens with zero attached hydrogens (tertiary/aromatic N) is 3. The van der Waals surface area contributed by atoms with E-state index < -0.39 is 0 Å². The van der Waals surface area contributed by atoms with Crippen molar-refractivity contribution in [3.63, 3.8) is 0 Å². The molecule has 3 fully saturated rings. The average molecular weight is 382 g/mol. The minimum Gasteiger partial charge on any atom is -0.441 e. The van der Waals surface area contributed by atoms with Crippen LogP contribution >= 0.6 is 0 Å². The van der Waals surface area contributed by atoms with Gasteiger partial charge in [-0.05, 0) is 19.3 Å². The molecule has 0 bridgehead atoms. The Labute approximate surface area is 162 Å². The number of hydrogen-bond acceptors (Lipinski definition) is 5. The lowest BCUT2D eigenvalue weighted by Crippen LogP contribution is -2.50. The summed E-state index contributed by atoms with van der Waals surface area (Å²) < 4.78 is 11.2. The number of morpholine rings is 1. The highest BCUT2D eigenvalue weighted by molar-refractivity contribution is 5.77. The van der Waals surface area contributed by atoms with Gasteiger partial charge in [-0.1, -0.05) is 13.8 Å². The lowest BCUT2D eigenvalue weighted by atomic mass is 9.91. The first kappa shape index (κ1) is 20.4. The van der Waals surface area contributed by atoms with Crippen LogP contribution in [0, 0.1) is 5.92 Å². The van der Waals surface area contributed by atoms with E-state index in [4.69, 9.17) is 9.47 Å². The van der Waals surface area contributed by atoms with Gasteiger partial charge in [-0.2, -0.15) is 0 Å². The molecule has 0 aromatic heterocycles. The normalized spacial score (nSPS) is 24.5. The van der Waals surface area contributed by atoms with Crippen molar-refractivity contribution in [2.75, 3.05) is 52.5 Å². The Morgan fingerprint density at radius 2 is 1.78 bits per heavy atom. The zero-order valence-corrected chi connectivity index (χ0v) is 17.1. The maximum absolute atomic E-state index is 12.7. The van der Waals surface area contributed by atoms with Crippen LogP contribution in [0.5, 0.6) is 0 Å². The summed E-state index contributed by atoms with van der Waals surface area (Å²) in [6.45, 7) is 12.6. The molecule has 2 amide bonds. The monoisotopic (exact) mass is 381 g/mol. The molecule has 0 aliphatic carbocycles. The number of amides is 2. The molecule has 0 radical (unpaired) electrons. The molecule has 0 saturated carbocycles. The van der Waals surface area contributed by atoms with E-state index in [1.54, 1.807) is 0 Å². The van der Waals surface area contributed by atoms with Crippen LogP contribution in [-0.4, -0.2) is 90.8 Å². The molecule has 0 aromatic carbocycles. The molecule has 7 nitrogen and oxygen atoms in total. The van der Waals surface area contributed by atoms with E-state index in [2.05, 4.69) is 25.7 Å². The molecule has 154 valence electrons. The highest BCUT2D eigenvalue weighted by Crippen LogP contribution is 2.33. The minimum absolute atomic E-state index is 0.184. The Kier molecular flexibility index (Phi) is 6.63.